The van der Waals surface area contributed by atoms with Crippen LogP contribution in [-0.2, 0) is 4.74 Å². The molecule has 0 heterocycles. The molecule has 0 aliphatic carbocycles. The second-order valence-electron chi connectivity index (χ2n) is 1.95. The van der Waals surface area contributed by atoms with E-state index in [4.69, 9.17) is 4.74 Å². The molecule has 2 heteroatoms. The fourth-order valence-corrected chi connectivity index (χ4v) is 0.560. The molecular formula is C6H12BrO. The van der Waals surface area contributed by atoms with Crippen LogP contribution in [0.2, 0.25) is 0 Å². The van der Waals surface area contributed by atoms with Crippen molar-refractivity contribution in [3.63, 3.8) is 0 Å². The zero-order valence-electron chi connectivity index (χ0n) is 5.41. The average Bonchev–Trinajstić information content (AvgIpc) is 1.66. The summed E-state index contributed by atoms with van der Waals surface area (Å²) in [6, 6.07) is 0. The van der Waals surface area contributed by atoms with Crippen LogP contribution >= 0.6 is 15.9 Å². The molecule has 0 unspecified atom stereocenters. The summed E-state index contributed by atoms with van der Waals surface area (Å²) < 4.78 is 5.16. The molecule has 1 nitrogen and oxygen atoms in total. The van der Waals surface area contributed by atoms with Gasteiger partial charge in [0.15, 0.2) is 0 Å². The highest BCUT2D eigenvalue weighted by Crippen LogP contribution is 1.94. The molecule has 0 rings (SSSR count). The van der Waals surface area contributed by atoms with Crippen LogP contribution in [0.4, 0.5) is 0 Å². The molecule has 0 aliphatic heterocycles. The summed E-state index contributed by atoms with van der Waals surface area (Å²) in [5.41, 5.74) is 0. The Kier molecular flexibility index (Phi) is 5.88. The third-order valence-electron chi connectivity index (χ3n) is 0.612. The SMILES string of the molecule is C[C](C)COCCBr. The standard InChI is InChI=1S/C6H12BrO/c1-6(2)5-8-4-3-7/h3-5H2,1-2H3. The van der Waals surface area contributed by atoms with E-state index in [9.17, 15) is 0 Å². The van der Waals surface area contributed by atoms with E-state index < -0.39 is 0 Å². The van der Waals surface area contributed by atoms with E-state index in [1.54, 1.807) is 0 Å². The highest BCUT2D eigenvalue weighted by molar-refractivity contribution is 9.09. The second kappa shape index (κ2) is 5.57. The molecule has 8 heavy (non-hydrogen) atoms. The molecule has 0 aromatic carbocycles. The van der Waals surface area contributed by atoms with E-state index in [0.29, 0.717) is 0 Å². The number of halogens is 1. The number of hydrogen-bond donors (Lipinski definition) is 0. The van der Waals surface area contributed by atoms with Crippen LogP contribution in [0.25, 0.3) is 0 Å². The smallest absolute Gasteiger partial charge is 0.0563 e. The lowest BCUT2D eigenvalue weighted by molar-refractivity contribution is 0.162. The maximum absolute atomic E-state index is 5.16. The molecule has 0 aromatic heterocycles. The van der Waals surface area contributed by atoms with Gasteiger partial charge in [-0.3, -0.25) is 0 Å². The fraction of sp³-hybridized carbons (Fsp3) is 0.833. The average molecular weight is 180 g/mol. The van der Waals surface area contributed by atoms with E-state index in [2.05, 4.69) is 29.8 Å². The van der Waals surface area contributed by atoms with E-state index in [1.807, 2.05) is 0 Å². The van der Waals surface area contributed by atoms with Crippen molar-refractivity contribution in [1.82, 2.24) is 0 Å². The van der Waals surface area contributed by atoms with Gasteiger partial charge in [0, 0.05) is 5.33 Å². The Morgan fingerprint density at radius 3 is 2.50 bits per heavy atom. The highest BCUT2D eigenvalue weighted by atomic mass is 79.9. The van der Waals surface area contributed by atoms with Gasteiger partial charge in [0.1, 0.15) is 0 Å². The third-order valence-corrected chi connectivity index (χ3v) is 0.936. The first kappa shape index (κ1) is 8.44. The van der Waals surface area contributed by atoms with Crippen molar-refractivity contribution in [2.75, 3.05) is 18.5 Å². The molecule has 0 bridgehead atoms. The van der Waals surface area contributed by atoms with Gasteiger partial charge in [-0.25, -0.2) is 0 Å². The van der Waals surface area contributed by atoms with E-state index in [1.165, 1.54) is 5.92 Å². The van der Waals surface area contributed by atoms with Gasteiger partial charge in [-0.05, 0) is 5.92 Å². The molecule has 0 amide bonds. The minimum atomic E-state index is 0.797. The fourth-order valence-electron chi connectivity index (χ4n) is 0.331. The molecule has 0 N–H and O–H groups in total. The van der Waals surface area contributed by atoms with Crippen molar-refractivity contribution in [2.24, 2.45) is 0 Å². The first-order valence-corrected chi connectivity index (χ1v) is 3.82. The molecule has 0 aromatic rings. The van der Waals surface area contributed by atoms with Crippen molar-refractivity contribution < 1.29 is 4.74 Å². The number of ether oxygens (including phenoxy) is 1. The van der Waals surface area contributed by atoms with E-state index in [-0.39, 0.29) is 0 Å². The highest BCUT2D eigenvalue weighted by Gasteiger charge is 1.91. The Hall–Kier alpha value is 0.440. The molecule has 0 aliphatic rings. The summed E-state index contributed by atoms with van der Waals surface area (Å²) in [5.74, 6) is 1.32. The minimum Gasteiger partial charge on any atom is -0.380 e. The van der Waals surface area contributed by atoms with Gasteiger partial charge < -0.3 is 4.74 Å². The van der Waals surface area contributed by atoms with Gasteiger partial charge in [-0.1, -0.05) is 29.8 Å². The van der Waals surface area contributed by atoms with Gasteiger partial charge in [0.2, 0.25) is 0 Å². The summed E-state index contributed by atoms with van der Waals surface area (Å²) in [4.78, 5) is 0. The molecule has 0 saturated carbocycles. The molecule has 1 radical (unpaired) electrons. The number of rotatable bonds is 4. The first-order valence-electron chi connectivity index (χ1n) is 2.70. The maximum atomic E-state index is 5.16. The van der Waals surface area contributed by atoms with Crippen LogP contribution in [0.3, 0.4) is 0 Å². The van der Waals surface area contributed by atoms with Crippen LogP contribution in [0.1, 0.15) is 13.8 Å². The van der Waals surface area contributed by atoms with Crippen molar-refractivity contribution in [2.45, 2.75) is 13.8 Å². The molecule has 0 atom stereocenters. The topological polar surface area (TPSA) is 9.23 Å². The Balaban J connectivity index is 2.72. The molecular weight excluding hydrogens is 168 g/mol. The normalized spacial score (nSPS) is 10.5. The van der Waals surface area contributed by atoms with Crippen LogP contribution < -0.4 is 0 Å². The van der Waals surface area contributed by atoms with Crippen molar-refractivity contribution in [3.8, 4) is 0 Å². The summed E-state index contributed by atoms with van der Waals surface area (Å²) >= 11 is 3.27. The van der Waals surface area contributed by atoms with Crippen LogP contribution in [0.5, 0.6) is 0 Å². The lowest BCUT2D eigenvalue weighted by atomic mass is 10.2. The Morgan fingerprint density at radius 1 is 1.50 bits per heavy atom. The van der Waals surface area contributed by atoms with Gasteiger partial charge in [0.05, 0.1) is 13.2 Å². The minimum absolute atomic E-state index is 0.797. The van der Waals surface area contributed by atoms with E-state index >= 15 is 0 Å². The lowest BCUT2D eigenvalue weighted by Crippen LogP contribution is -2.01. The first-order chi connectivity index (χ1) is 3.77. The van der Waals surface area contributed by atoms with Crippen molar-refractivity contribution in [3.05, 3.63) is 5.92 Å². The summed E-state index contributed by atoms with van der Waals surface area (Å²) in [6.45, 7) is 5.74. The van der Waals surface area contributed by atoms with Crippen LogP contribution in [0.15, 0.2) is 0 Å². The van der Waals surface area contributed by atoms with Crippen molar-refractivity contribution in [1.29, 1.82) is 0 Å². The molecule has 0 saturated heterocycles. The van der Waals surface area contributed by atoms with Crippen molar-refractivity contribution >= 4 is 15.9 Å². The second-order valence-corrected chi connectivity index (χ2v) is 2.74. The zero-order valence-corrected chi connectivity index (χ0v) is 6.99. The summed E-state index contributed by atoms with van der Waals surface area (Å²) in [7, 11) is 0. The molecule has 49 valence electrons. The van der Waals surface area contributed by atoms with Gasteiger partial charge in [0.25, 0.3) is 0 Å². The molecule has 0 fully saturated rings. The van der Waals surface area contributed by atoms with Crippen LogP contribution in [-0.4, -0.2) is 18.5 Å². The predicted molar refractivity (Wildman–Crippen MR) is 39.2 cm³/mol. The predicted octanol–water partition coefficient (Wildman–Crippen LogP) is 2.01. The van der Waals surface area contributed by atoms with Crippen LogP contribution in [0, 0.1) is 5.92 Å². The Bertz CT molecular complexity index is 45.8. The maximum Gasteiger partial charge on any atom is 0.0563 e. The quantitative estimate of drug-likeness (QED) is 0.475. The lowest BCUT2D eigenvalue weighted by Gasteiger charge is -2.02. The third kappa shape index (κ3) is 6.44. The van der Waals surface area contributed by atoms with Gasteiger partial charge >= 0.3 is 0 Å². The summed E-state index contributed by atoms with van der Waals surface area (Å²) in [5, 5.41) is 0.931. The monoisotopic (exact) mass is 179 g/mol. The summed E-state index contributed by atoms with van der Waals surface area (Å²) in [6.07, 6.45) is 0. The Labute approximate surface area is 59.5 Å². The Morgan fingerprint density at radius 2 is 2.12 bits per heavy atom. The van der Waals surface area contributed by atoms with E-state index in [0.717, 1.165) is 18.5 Å². The zero-order chi connectivity index (χ0) is 6.41. The van der Waals surface area contributed by atoms with Gasteiger partial charge in [-0.15, -0.1) is 0 Å². The molecule has 0 spiro atoms. The number of alkyl halides is 1. The largest absolute Gasteiger partial charge is 0.380 e. The number of hydrogen-bond acceptors (Lipinski definition) is 1. The van der Waals surface area contributed by atoms with Gasteiger partial charge in [-0.2, -0.15) is 0 Å².